The first kappa shape index (κ1) is 18.4. The minimum atomic E-state index is -0.225. The molecule has 134 valence electrons. The minimum absolute atomic E-state index is 0.0569. The van der Waals surface area contributed by atoms with E-state index in [2.05, 4.69) is 5.32 Å². The van der Waals surface area contributed by atoms with E-state index in [-0.39, 0.29) is 12.5 Å². The van der Waals surface area contributed by atoms with Gasteiger partial charge in [0.05, 0.1) is 21.3 Å². The summed E-state index contributed by atoms with van der Waals surface area (Å²) in [4.78, 5) is 12.0. The van der Waals surface area contributed by atoms with Gasteiger partial charge in [-0.2, -0.15) is 0 Å². The Kier molecular flexibility index (Phi) is 6.51. The molecule has 0 aromatic heterocycles. The molecule has 0 heterocycles. The SMILES string of the molecule is COc1cc(OC)c(OC)cc1CNC(=O)COc1ccc(C)cc1. The highest BCUT2D eigenvalue weighted by Gasteiger charge is 2.13. The number of hydrogen-bond donors (Lipinski definition) is 1. The molecule has 2 aromatic rings. The van der Waals surface area contributed by atoms with E-state index in [9.17, 15) is 4.79 Å². The maximum Gasteiger partial charge on any atom is 0.258 e. The Morgan fingerprint density at radius 1 is 0.920 bits per heavy atom. The van der Waals surface area contributed by atoms with Gasteiger partial charge in [0.15, 0.2) is 18.1 Å². The number of hydrogen-bond acceptors (Lipinski definition) is 5. The molecular formula is C19H23NO5. The molecule has 0 aliphatic heterocycles. The number of methoxy groups -OCH3 is 3. The average Bonchev–Trinajstić information content (AvgIpc) is 2.65. The van der Waals surface area contributed by atoms with E-state index >= 15 is 0 Å². The number of ether oxygens (including phenoxy) is 4. The number of nitrogens with one attached hydrogen (secondary N) is 1. The van der Waals surface area contributed by atoms with Crippen molar-refractivity contribution in [1.29, 1.82) is 0 Å². The van der Waals surface area contributed by atoms with Crippen molar-refractivity contribution in [2.45, 2.75) is 13.5 Å². The summed E-state index contributed by atoms with van der Waals surface area (Å²) in [5.74, 6) is 2.18. The first-order chi connectivity index (χ1) is 12.1. The summed E-state index contributed by atoms with van der Waals surface area (Å²) < 4.78 is 21.3. The molecule has 0 radical (unpaired) electrons. The lowest BCUT2D eigenvalue weighted by Crippen LogP contribution is -2.28. The molecule has 0 unspecified atom stereocenters. The van der Waals surface area contributed by atoms with Crippen LogP contribution in [0.3, 0.4) is 0 Å². The number of aryl methyl sites for hydroxylation is 1. The largest absolute Gasteiger partial charge is 0.496 e. The summed E-state index contributed by atoms with van der Waals surface area (Å²) in [5, 5.41) is 2.80. The van der Waals surface area contributed by atoms with Crippen molar-refractivity contribution in [3.8, 4) is 23.0 Å². The topological polar surface area (TPSA) is 66.0 Å². The fourth-order valence-electron chi connectivity index (χ4n) is 2.26. The molecule has 0 aliphatic rings. The maximum atomic E-state index is 12.0. The van der Waals surface area contributed by atoms with Crippen molar-refractivity contribution in [3.63, 3.8) is 0 Å². The Labute approximate surface area is 147 Å². The second-order valence-corrected chi connectivity index (χ2v) is 5.40. The summed E-state index contributed by atoms with van der Waals surface area (Å²) in [6.45, 7) is 2.23. The van der Waals surface area contributed by atoms with Crippen LogP contribution in [0.25, 0.3) is 0 Å². The third-order valence-electron chi connectivity index (χ3n) is 3.65. The summed E-state index contributed by atoms with van der Waals surface area (Å²) in [7, 11) is 4.68. The molecule has 0 aliphatic carbocycles. The van der Waals surface area contributed by atoms with Gasteiger partial charge in [0.2, 0.25) is 0 Å². The minimum Gasteiger partial charge on any atom is -0.496 e. The van der Waals surface area contributed by atoms with Gasteiger partial charge in [-0.05, 0) is 25.1 Å². The fraction of sp³-hybridized carbons (Fsp3) is 0.316. The highest BCUT2D eigenvalue weighted by molar-refractivity contribution is 5.77. The molecule has 1 amide bonds. The predicted octanol–water partition coefficient (Wildman–Crippen LogP) is 2.72. The zero-order chi connectivity index (χ0) is 18.2. The number of amides is 1. The number of benzene rings is 2. The Hall–Kier alpha value is -2.89. The molecule has 0 fully saturated rings. The standard InChI is InChI=1S/C19H23NO5/c1-13-5-7-15(8-6-13)25-12-19(21)20-11-14-9-17(23-3)18(24-4)10-16(14)22-2/h5-10H,11-12H2,1-4H3,(H,20,21). The lowest BCUT2D eigenvalue weighted by atomic mass is 10.1. The summed E-state index contributed by atoms with van der Waals surface area (Å²) in [5.41, 5.74) is 1.92. The normalized spacial score (nSPS) is 10.1. The van der Waals surface area contributed by atoms with Gasteiger partial charge in [-0.25, -0.2) is 0 Å². The van der Waals surface area contributed by atoms with Crippen LogP contribution in [0.4, 0.5) is 0 Å². The Morgan fingerprint density at radius 3 is 2.12 bits per heavy atom. The van der Waals surface area contributed by atoms with Gasteiger partial charge < -0.3 is 24.3 Å². The molecule has 25 heavy (non-hydrogen) atoms. The van der Waals surface area contributed by atoms with Crippen LogP contribution in [-0.2, 0) is 11.3 Å². The molecular weight excluding hydrogens is 322 g/mol. The van der Waals surface area contributed by atoms with E-state index in [4.69, 9.17) is 18.9 Å². The number of rotatable bonds is 8. The Bertz CT molecular complexity index is 712. The van der Waals surface area contributed by atoms with Crippen molar-refractivity contribution in [2.24, 2.45) is 0 Å². The van der Waals surface area contributed by atoms with Crippen molar-refractivity contribution in [1.82, 2.24) is 5.32 Å². The van der Waals surface area contributed by atoms with Gasteiger partial charge in [-0.15, -0.1) is 0 Å². The molecule has 6 nitrogen and oxygen atoms in total. The average molecular weight is 345 g/mol. The van der Waals surface area contributed by atoms with E-state index in [1.807, 2.05) is 31.2 Å². The Morgan fingerprint density at radius 2 is 1.52 bits per heavy atom. The maximum absolute atomic E-state index is 12.0. The van der Waals surface area contributed by atoms with Crippen LogP contribution in [-0.4, -0.2) is 33.8 Å². The summed E-state index contributed by atoms with van der Waals surface area (Å²) in [6, 6.07) is 11.0. The van der Waals surface area contributed by atoms with Crippen LogP contribution in [0.2, 0.25) is 0 Å². The van der Waals surface area contributed by atoms with E-state index in [1.54, 1.807) is 33.5 Å². The monoisotopic (exact) mass is 345 g/mol. The van der Waals surface area contributed by atoms with Gasteiger partial charge >= 0.3 is 0 Å². The lowest BCUT2D eigenvalue weighted by Gasteiger charge is -2.14. The first-order valence-electron chi connectivity index (χ1n) is 7.82. The fourth-order valence-corrected chi connectivity index (χ4v) is 2.26. The third kappa shape index (κ3) is 5.04. The van der Waals surface area contributed by atoms with Crippen LogP contribution >= 0.6 is 0 Å². The smallest absolute Gasteiger partial charge is 0.258 e. The van der Waals surface area contributed by atoms with Crippen LogP contribution in [0.5, 0.6) is 23.0 Å². The van der Waals surface area contributed by atoms with E-state index in [1.165, 1.54) is 0 Å². The molecule has 2 rings (SSSR count). The van der Waals surface area contributed by atoms with Gasteiger partial charge in [-0.1, -0.05) is 17.7 Å². The zero-order valence-corrected chi connectivity index (χ0v) is 14.9. The van der Waals surface area contributed by atoms with Crippen LogP contribution in [0.1, 0.15) is 11.1 Å². The lowest BCUT2D eigenvalue weighted by molar-refractivity contribution is -0.123. The van der Waals surface area contributed by atoms with Crippen molar-refractivity contribution < 1.29 is 23.7 Å². The van der Waals surface area contributed by atoms with E-state index in [0.29, 0.717) is 29.5 Å². The number of carbonyl (C=O) groups excluding carboxylic acids is 1. The highest BCUT2D eigenvalue weighted by Crippen LogP contribution is 2.34. The van der Waals surface area contributed by atoms with Gasteiger partial charge in [0, 0.05) is 18.2 Å². The molecule has 0 saturated heterocycles. The Balaban J connectivity index is 1.95. The van der Waals surface area contributed by atoms with Gasteiger partial charge in [0.1, 0.15) is 11.5 Å². The van der Waals surface area contributed by atoms with Gasteiger partial charge in [0.25, 0.3) is 5.91 Å². The first-order valence-corrected chi connectivity index (χ1v) is 7.82. The van der Waals surface area contributed by atoms with E-state index < -0.39 is 0 Å². The predicted molar refractivity (Wildman–Crippen MR) is 94.6 cm³/mol. The van der Waals surface area contributed by atoms with Crippen molar-refractivity contribution in [3.05, 3.63) is 47.5 Å². The molecule has 0 atom stereocenters. The second kappa shape index (κ2) is 8.82. The number of carbonyl (C=O) groups is 1. The van der Waals surface area contributed by atoms with Gasteiger partial charge in [-0.3, -0.25) is 4.79 Å². The van der Waals surface area contributed by atoms with Crippen molar-refractivity contribution >= 4 is 5.91 Å². The highest BCUT2D eigenvalue weighted by atomic mass is 16.5. The third-order valence-corrected chi connectivity index (χ3v) is 3.65. The van der Waals surface area contributed by atoms with Crippen LogP contribution in [0, 0.1) is 6.92 Å². The molecule has 0 saturated carbocycles. The molecule has 0 spiro atoms. The molecule has 6 heteroatoms. The zero-order valence-electron chi connectivity index (χ0n) is 14.9. The van der Waals surface area contributed by atoms with Crippen molar-refractivity contribution in [2.75, 3.05) is 27.9 Å². The quantitative estimate of drug-likeness (QED) is 0.797. The van der Waals surface area contributed by atoms with Crippen LogP contribution < -0.4 is 24.3 Å². The van der Waals surface area contributed by atoms with E-state index in [0.717, 1.165) is 11.1 Å². The second-order valence-electron chi connectivity index (χ2n) is 5.40. The van der Waals surface area contributed by atoms with Crippen LogP contribution in [0.15, 0.2) is 36.4 Å². The summed E-state index contributed by atoms with van der Waals surface area (Å²) in [6.07, 6.45) is 0. The molecule has 0 bridgehead atoms. The molecule has 2 aromatic carbocycles. The summed E-state index contributed by atoms with van der Waals surface area (Å²) >= 11 is 0. The molecule has 1 N–H and O–H groups in total.